The second-order valence-electron chi connectivity index (χ2n) is 3.75. The molecular weight excluding hydrogens is 221 g/mol. The minimum atomic E-state index is -0.415. The second kappa shape index (κ2) is 6.89. The molecule has 0 saturated carbocycles. The highest BCUT2D eigenvalue weighted by molar-refractivity contribution is 5.79. The van der Waals surface area contributed by atoms with E-state index in [-0.39, 0.29) is 11.8 Å². The van der Waals surface area contributed by atoms with Crippen LogP contribution in [0.3, 0.4) is 0 Å². The number of anilines is 1. The number of carbonyl (C=O) groups excluding carboxylic acids is 1. The van der Waals surface area contributed by atoms with Gasteiger partial charge >= 0.3 is 5.97 Å². The zero-order valence-electron chi connectivity index (χ0n) is 10.2. The summed E-state index contributed by atoms with van der Waals surface area (Å²) in [5.74, 6) is -0.618. The predicted octanol–water partition coefficient (Wildman–Crippen LogP) is 2.97. The molecule has 0 fully saturated rings. The monoisotopic (exact) mass is 239 g/mol. The maximum absolute atomic E-state index is 13.0. The molecule has 1 aromatic rings. The van der Waals surface area contributed by atoms with Gasteiger partial charge in [0.25, 0.3) is 0 Å². The molecule has 0 heterocycles. The largest absolute Gasteiger partial charge is 0.464 e. The van der Waals surface area contributed by atoms with E-state index in [9.17, 15) is 9.18 Å². The average molecular weight is 239 g/mol. The third kappa shape index (κ3) is 4.43. The molecule has 0 aliphatic rings. The van der Waals surface area contributed by atoms with E-state index >= 15 is 0 Å². The number of carbonyl (C=O) groups is 1. The number of halogens is 1. The highest BCUT2D eigenvalue weighted by Crippen LogP contribution is 2.13. The number of hydrogen-bond donors (Lipinski definition) is 1. The fourth-order valence-corrected chi connectivity index (χ4v) is 1.56. The molecule has 0 bridgehead atoms. The van der Waals surface area contributed by atoms with Crippen LogP contribution in [-0.4, -0.2) is 18.6 Å². The van der Waals surface area contributed by atoms with Crippen molar-refractivity contribution in [3.8, 4) is 0 Å². The fraction of sp³-hybridized carbons (Fsp3) is 0.462. The molecule has 0 aliphatic carbocycles. The summed E-state index contributed by atoms with van der Waals surface area (Å²) in [6.45, 7) is 4.10. The third-order valence-corrected chi connectivity index (χ3v) is 2.31. The van der Waals surface area contributed by atoms with Crippen molar-refractivity contribution in [1.29, 1.82) is 0 Å². The molecule has 1 rings (SSSR count). The molecule has 0 aromatic heterocycles. The molecule has 0 aliphatic heterocycles. The molecule has 1 atom stereocenters. The van der Waals surface area contributed by atoms with Crippen LogP contribution in [0.4, 0.5) is 10.1 Å². The van der Waals surface area contributed by atoms with Gasteiger partial charge in [-0.05, 0) is 31.5 Å². The Bertz CT molecular complexity index is 368. The number of hydrogen-bond acceptors (Lipinski definition) is 3. The van der Waals surface area contributed by atoms with Gasteiger partial charge in [-0.15, -0.1) is 0 Å². The first-order valence-electron chi connectivity index (χ1n) is 5.86. The van der Waals surface area contributed by atoms with Gasteiger partial charge in [0.2, 0.25) is 0 Å². The van der Waals surface area contributed by atoms with E-state index in [4.69, 9.17) is 4.74 Å². The van der Waals surface area contributed by atoms with Gasteiger partial charge in [0.1, 0.15) is 11.9 Å². The topological polar surface area (TPSA) is 38.3 Å². The van der Waals surface area contributed by atoms with Crippen molar-refractivity contribution in [2.24, 2.45) is 0 Å². The lowest BCUT2D eigenvalue weighted by molar-refractivity contribution is -0.144. The Kier molecular flexibility index (Phi) is 5.46. The van der Waals surface area contributed by atoms with Crippen LogP contribution in [0, 0.1) is 5.82 Å². The van der Waals surface area contributed by atoms with Gasteiger partial charge in [-0.1, -0.05) is 19.4 Å². The minimum Gasteiger partial charge on any atom is -0.464 e. The Balaban J connectivity index is 2.69. The molecule has 4 heteroatoms. The lowest BCUT2D eigenvalue weighted by atomic mass is 10.1. The predicted molar refractivity (Wildman–Crippen MR) is 65.4 cm³/mol. The van der Waals surface area contributed by atoms with E-state index in [1.165, 1.54) is 12.1 Å². The van der Waals surface area contributed by atoms with Gasteiger partial charge in [-0.2, -0.15) is 0 Å². The molecular formula is C13H18FNO2. The highest BCUT2D eigenvalue weighted by atomic mass is 19.1. The van der Waals surface area contributed by atoms with Crippen LogP contribution >= 0.6 is 0 Å². The van der Waals surface area contributed by atoms with Gasteiger partial charge in [-0.25, -0.2) is 9.18 Å². The summed E-state index contributed by atoms with van der Waals surface area (Å²) in [6, 6.07) is 5.64. The van der Waals surface area contributed by atoms with E-state index in [0.717, 1.165) is 6.42 Å². The first kappa shape index (κ1) is 13.5. The number of nitrogens with one attached hydrogen (secondary N) is 1. The van der Waals surface area contributed by atoms with E-state index in [1.807, 2.05) is 6.92 Å². The van der Waals surface area contributed by atoms with Crippen molar-refractivity contribution >= 4 is 11.7 Å². The van der Waals surface area contributed by atoms with Crippen LogP contribution in [0.25, 0.3) is 0 Å². The summed E-state index contributed by atoms with van der Waals surface area (Å²) in [4.78, 5) is 11.6. The lowest BCUT2D eigenvalue weighted by Gasteiger charge is -2.17. The van der Waals surface area contributed by atoms with Gasteiger partial charge in [0.15, 0.2) is 0 Å². The molecule has 17 heavy (non-hydrogen) atoms. The van der Waals surface area contributed by atoms with Crippen molar-refractivity contribution in [3.63, 3.8) is 0 Å². The van der Waals surface area contributed by atoms with Crippen LogP contribution < -0.4 is 5.32 Å². The summed E-state index contributed by atoms with van der Waals surface area (Å²) in [7, 11) is 0. The number of esters is 1. The first-order valence-corrected chi connectivity index (χ1v) is 5.86. The lowest BCUT2D eigenvalue weighted by Crippen LogP contribution is -2.31. The van der Waals surface area contributed by atoms with Gasteiger partial charge in [-0.3, -0.25) is 0 Å². The molecule has 1 N–H and O–H groups in total. The zero-order chi connectivity index (χ0) is 12.7. The van der Waals surface area contributed by atoms with Crippen LogP contribution in [0.2, 0.25) is 0 Å². The van der Waals surface area contributed by atoms with Crippen molar-refractivity contribution in [2.75, 3.05) is 11.9 Å². The van der Waals surface area contributed by atoms with E-state index in [1.54, 1.807) is 19.1 Å². The van der Waals surface area contributed by atoms with Gasteiger partial charge in [0, 0.05) is 5.69 Å². The summed E-state index contributed by atoms with van der Waals surface area (Å²) in [6.07, 6.45) is 1.52. The van der Waals surface area contributed by atoms with Crippen LogP contribution in [0.15, 0.2) is 24.3 Å². The highest BCUT2D eigenvalue weighted by Gasteiger charge is 2.18. The maximum atomic E-state index is 13.0. The Morgan fingerprint density at radius 1 is 1.47 bits per heavy atom. The summed E-state index contributed by atoms with van der Waals surface area (Å²) >= 11 is 0. The number of rotatable bonds is 6. The van der Waals surface area contributed by atoms with Crippen molar-refractivity contribution < 1.29 is 13.9 Å². The van der Waals surface area contributed by atoms with E-state index in [2.05, 4.69) is 5.32 Å². The van der Waals surface area contributed by atoms with Gasteiger partial charge in [0.05, 0.1) is 6.61 Å². The molecule has 1 aromatic carbocycles. The fourth-order valence-electron chi connectivity index (χ4n) is 1.56. The smallest absolute Gasteiger partial charge is 0.328 e. The molecule has 94 valence electrons. The molecule has 0 spiro atoms. The van der Waals surface area contributed by atoms with Crippen molar-refractivity contribution in [3.05, 3.63) is 30.1 Å². The zero-order valence-corrected chi connectivity index (χ0v) is 10.2. The Morgan fingerprint density at radius 3 is 2.82 bits per heavy atom. The van der Waals surface area contributed by atoms with E-state index in [0.29, 0.717) is 18.7 Å². The third-order valence-electron chi connectivity index (χ3n) is 2.31. The van der Waals surface area contributed by atoms with Crippen LogP contribution in [-0.2, 0) is 9.53 Å². The van der Waals surface area contributed by atoms with Crippen molar-refractivity contribution in [1.82, 2.24) is 0 Å². The molecule has 1 unspecified atom stereocenters. The average Bonchev–Trinajstić information content (AvgIpc) is 2.29. The number of ether oxygens (including phenoxy) is 1. The molecule has 0 amide bonds. The molecule has 3 nitrogen and oxygen atoms in total. The molecule has 0 saturated heterocycles. The van der Waals surface area contributed by atoms with E-state index < -0.39 is 6.04 Å². The van der Waals surface area contributed by atoms with Crippen LogP contribution in [0.5, 0.6) is 0 Å². The summed E-state index contributed by atoms with van der Waals surface area (Å²) in [5, 5.41) is 2.99. The normalized spacial score (nSPS) is 11.9. The second-order valence-corrected chi connectivity index (χ2v) is 3.75. The Hall–Kier alpha value is -1.58. The Labute approximate surface area is 101 Å². The number of benzene rings is 1. The standard InChI is InChI=1S/C13H18FNO2/c1-3-6-12(13(16)17-4-2)15-11-8-5-7-10(14)9-11/h5,7-9,12,15H,3-4,6H2,1-2H3. The summed E-state index contributed by atoms with van der Waals surface area (Å²) < 4.78 is 18.0. The SMILES string of the molecule is CCCC(Nc1cccc(F)c1)C(=O)OCC. The van der Waals surface area contributed by atoms with Crippen molar-refractivity contribution in [2.45, 2.75) is 32.7 Å². The Morgan fingerprint density at radius 2 is 2.24 bits per heavy atom. The first-order chi connectivity index (χ1) is 8.17. The quantitative estimate of drug-likeness (QED) is 0.775. The summed E-state index contributed by atoms with van der Waals surface area (Å²) in [5.41, 5.74) is 0.594. The van der Waals surface area contributed by atoms with Gasteiger partial charge < -0.3 is 10.1 Å². The van der Waals surface area contributed by atoms with Crippen LogP contribution in [0.1, 0.15) is 26.7 Å². The molecule has 0 radical (unpaired) electrons. The minimum absolute atomic E-state index is 0.293. The maximum Gasteiger partial charge on any atom is 0.328 e.